The number of fused-ring (bicyclic) bond motifs is 1. The molecule has 0 bridgehead atoms. The highest BCUT2D eigenvalue weighted by molar-refractivity contribution is 7.92. The van der Waals surface area contributed by atoms with Crippen molar-refractivity contribution >= 4 is 49.7 Å². The lowest BCUT2D eigenvalue weighted by Gasteiger charge is -2.30. The molecule has 0 unspecified atom stereocenters. The van der Waals surface area contributed by atoms with Crippen LogP contribution in [0.2, 0.25) is 5.02 Å². The van der Waals surface area contributed by atoms with Gasteiger partial charge in [0.05, 0.1) is 11.9 Å². The Morgan fingerprint density at radius 3 is 2.45 bits per heavy atom. The van der Waals surface area contributed by atoms with Crippen LogP contribution in [0.25, 0.3) is 10.8 Å². The number of anilines is 2. The van der Waals surface area contributed by atoms with Gasteiger partial charge in [0.25, 0.3) is 0 Å². The van der Waals surface area contributed by atoms with Crippen molar-refractivity contribution in [2.75, 3.05) is 15.9 Å². The van der Waals surface area contributed by atoms with Gasteiger partial charge >= 0.3 is 0 Å². The molecule has 0 radical (unpaired) electrons. The molecule has 0 saturated heterocycles. The number of benzene rings is 3. The Kier molecular flexibility index (Phi) is 6.15. The molecule has 7 heteroatoms. The Morgan fingerprint density at radius 1 is 1.10 bits per heavy atom. The van der Waals surface area contributed by atoms with Crippen molar-refractivity contribution in [3.8, 4) is 0 Å². The maximum Gasteiger partial charge on any atom is 0.248 e. The van der Waals surface area contributed by atoms with E-state index in [4.69, 9.17) is 11.6 Å². The minimum Gasteiger partial charge on any atom is -0.324 e. The van der Waals surface area contributed by atoms with Crippen LogP contribution in [0.15, 0.2) is 60.7 Å². The normalized spacial score (nSPS) is 12.6. The quantitative estimate of drug-likeness (QED) is 0.599. The molecule has 3 aromatic carbocycles. The van der Waals surface area contributed by atoms with Crippen molar-refractivity contribution < 1.29 is 13.2 Å². The molecule has 152 valence electrons. The van der Waals surface area contributed by atoms with Gasteiger partial charge in [-0.15, -0.1) is 0 Å². The molecule has 0 saturated carbocycles. The van der Waals surface area contributed by atoms with E-state index >= 15 is 0 Å². The molecule has 1 amide bonds. The molecule has 5 nitrogen and oxygen atoms in total. The van der Waals surface area contributed by atoms with Gasteiger partial charge in [0, 0.05) is 16.1 Å². The van der Waals surface area contributed by atoms with E-state index in [0.29, 0.717) is 22.8 Å². The van der Waals surface area contributed by atoms with E-state index in [9.17, 15) is 13.2 Å². The first-order valence-electron chi connectivity index (χ1n) is 9.26. The number of nitrogens with one attached hydrogen (secondary N) is 1. The molecule has 0 aliphatic rings. The summed E-state index contributed by atoms with van der Waals surface area (Å²) in [5, 5.41) is 5.23. The van der Waals surface area contributed by atoms with E-state index in [1.807, 2.05) is 43.3 Å². The minimum absolute atomic E-state index is 0.301. The average Bonchev–Trinajstić information content (AvgIpc) is 2.67. The number of carbonyl (C=O) groups excluding carboxylic acids is 1. The van der Waals surface area contributed by atoms with Gasteiger partial charge in [-0.25, -0.2) is 8.42 Å². The summed E-state index contributed by atoms with van der Waals surface area (Å²) in [6.45, 7) is 3.61. The van der Waals surface area contributed by atoms with Gasteiger partial charge in [-0.2, -0.15) is 0 Å². The third kappa shape index (κ3) is 4.54. The van der Waals surface area contributed by atoms with Crippen molar-refractivity contribution in [2.24, 2.45) is 0 Å². The molecular formula is C22H23ClN2O3S. The maximum absolute atomic E-state index is 13.2. The molecule has 0 heterocycles. The Labute approximate surface area is 176 Å². The standard InChI is InChI=1S/C22H23ClN2O3S/c1-4-21(25(29(3,27)28)17-13-12-15(2)19(23)14-17)22(26)24-20-11-7-9-16-8-5-6-10-18(16)20/h5-14,21H,4H2,1-3H3,(H,24,26)/t21-/m0/s1. The number of amides is 1. The topological polar surface area (TPSA) is 66.5 Å². The van der Waals surface area contributed by atoms with Crippen LogP contribution in [0.3, 0.4) is 0 Å². The third-order valence-electron chi connectivity index (χ3n) is 4.79. The summed E-state index contributed by atoms with van der Waals surface area (Å²) in [6.07, 6.45) is 1.39. The molecule has 1 N–H and O–H groups in total. The van der Waals surface area contributed by atoms with E-state index < -0.39 is 22.0 Å². The molecule has 3 rings (SSSR count). The zero-order valence-corrected chi connectivity index (χ0v) is 18.1. The lowest BCUT2D eigenvalue weighted by atomic mass is 10.1. The van der Waals surface area contributed by atoms with Crippen LogP contribution in [0.5, 0.6) is 0 Å². The van der Waals surface area contributed by atoms with Crippen LogP contribution in [0.1, 0.15) is 18.9 Å². The fourth-order valence-electron chi connectivity index (χ4n) is 3.33. The van der Waals surface area contributed by atoms with E-state index in [-0.39, 0.29) is 0 Å². The second-order valence-corrected chi connectivity index (χ2v) is 9.20. The maximum atomic E-state index is 13.2. The summed E-state index contributed by atoms with van der Waals surface area (Å²) in [6, 6.07) is 17.4. The highest BCUT2D eigenvalue weighted by atomic mass is 35.5. The molecule has 29 heavy (non-hydrogen) atoms. The Balaban J connectivity index is 2.00. The fraction of sp³-hybridized carbons (Fsp3) is 0.227. The number of hydrogen-bond donors (Lipinski definition) is 1. The van der Waals surface area contributed by atoms with E-state index in [1.54, 1.807) is 31.2 Å². The SMILES string of the molecule is CC[C@@H](C(=O)Nc1cccc2ccccc12)N(c1ccc(C)c(Cl)c1)S(C)(=O)=O. The Bertz CT molecular complexity index is 1160. The van der Waals surface area contributed by atoms with Gasteiger partial charge in [-0.1, -0.05) is 61.0 Å². The van der Waals surface area contributed by atoms with Crippen LogP contribution in [0.4, 0.5) is 11.4 Å². The smallest absolute Gasteiger partial charge is 0.248 e. The third-order valence-corrected chi connectivity index (χ3v) is 6.37. The van der Waals surface area contributed by atoms with Crippen LogP contribution >= 0.6 is 11.6 Å². The predicted octanol–water partition coefficient (Wildman–Crippen LogP) is 4.98. The molecule has 0 aromatic heterocycles. The van der Waals surface area contributed by atoms with E-state index in [2.05, 4.69) is 5.32 Å². The van der Waals surface area contributed by atoms with Crippen molar-refractivity contribution in [1.82, 2.24) is 0 Å². The predicted molar refractivity (Wildman–Crippen MR) is 120 cm³/mol. The van der Waals surface area contributed by atoms with Crippen LogP contribution in [-0.4, -0.2) is 26.6 Å². The summed E-state index contributed by atoms with van der Waals surface area (Å²) in [7, 11) is -3.72. The summed E-state index contributed by atoms with van der Waals surface area (Å²) < 4.78 is 26.3. The summed E-state index contributed by atoms with van der Waals surface area (Å²) in [4.78, 5) is 13.2. The van der Waals surface area contributed by atoms with Crippen molar-refractivity contribution in [3.05, 3.63) is 71.2 Å². The number of halogens is 1. The molecule has 0 fully saturated rings. The number of aryl methyl sites for hydroxylation is 1. The molecule has 0 aliphatic carbocycles. The largest absolute Gasteiger partial charge is 0.324 e. The molecule has 1 atom stereocenters. The van der Waals surface area contributed by atoms with Crippen LogP contribution in [-0.2, 0) is 14.8 Å². The summed E-state index contributed by atoms with van der Waals surface area (Å²) >= 11 is 6.21. The molecule has 0 spiro atoms. The summed E-state index contributed by atoms with van der Waals surface area (Å²) in [5.74, 6) is -0.397. The second-order valence-electron chi connectivity index (χ2n) is 6.93. The van der Waals surface area contributed by atoms with Gasteiger partial charge in [0.15, 0.2) is 0 Å². The first kappa shape index (κ1) is 21.1. The highest BCUT2D eigenvalue weighted by Crippen LogP contribution is 2.29. The van der Waals surface area contributed by atoms with Crippen LogP contribution in [0, 0.1) is 6.92 Å². The van der Waals surface area contributed by atoms with Gasteiger partial charge in [0.2, 0.25) is 15.9 Å². The van der Waals surface area contributed by atoms with Gasteiger partial charge < -0.3 is 5.32 Å². The number of hydrogen-bond acceptors (Lipinski definition) is 3. The zero-order valence-electron chi connectivity index (χ0n) is 16.5. The number of nitrogens with zero attached hydrogens (tertiary/aromatic N) is 1. The van der Waals surface area contributed by atoms with Gasteiger partial charge in [-0.3, -0.25) is 9.10 Å². The summed E-state index contributed by atoms with van der Waals surface area (Å²) in [5.41, 5.74) is 1.84. The zero-order chi connectivity index (χ0) is 21.2. The van der Waals surface area contributed by atoms with Crippen molar-refractivity contribution in [3.63, 3.8) is 0 Å². The number of sulfonamides is 1. The van der Waals surface area contributed by atoms with Gasteiger partial charge in [0.1, 0.15) is 6.04 Å². The van der Waals surface area contributed by atoms with Crippen LogP contribution < -0.4 is 9.62 Å². The van der Waals surface area contributed by atoms with E-state index in [1.165, 1.54) is 0 Å². The lowest BCUT2D eigenvalue weighted by Crippen LogP contribution is -2.47. The fourth-order valence-corrected chi connectivity index (χ4v) is 4.71. The first-order chi connectivity index (χ1) is 13.7. The lowest BCUT2D eigenvalue weighted by molar-refractivity contribution is -0.117. The molecule has 3 aromatic rings. The second kappa shape index (κ2) is 8.43. The van der Waals surface area contributed by atoms with Gasteiger partial charge in [-0.05, 0) is 42.5 Å². The number of rotatable bonds is 6. The monoisotopic (exact) mass is 430 g/mol. The Morgan fingerprint density at radius 2 is 1.79 bits per heavy atom. The molecular weight excluding hydrogens is 408 g/mol. The van der Waals surface area contributed by atoms with E-state index in [0.717, 1.165) is 26.9 Å². The molecule has 0 aliphatic heterocycles. The van der Waals surface area contributed by atoms with Crippen molar-refractivity contribution in [2.45, 2.75) is 26.3 Å². The number of carbonyl (C=O) groups is 1. The first-order valence-corrected chi connectivity index (χ1v) is 11.5. The highest BCUT2D eigenvalue weighted by Gasteiger charge is 2.32. The average molecular weight is 431 g/mol. The van der Waals surface area contributed by atoms with Crippen molar-refractivity contribution in [1.29, 1.82) is 0 Å². The Hall–Kier alpha value is -2.57. The minimum atomic E-state index is -3.72.